The second kappa shape index (κ2) is 6.82. The van der Waals surface area contributed by atoms with Crippen molar-refractivity contribution in [2.24, 2.45) is 11.8 Å². The lowest BCUT2D eigenvalue weighted by Gasteiger charge is -2.17. The van der Waals surface area contributed by atoms with Crippen LogP contribution in [0, 0.1) is 11.8 Å². The minimum atomic E-state index is -0.400. The van der Waals surface area contributed by atoms with Gasteiger partial charge < -0.3 is 10.4 Å². The van der Waals surface area contributed by atoms with Gasteiger partial charge in [-0.15, -0.1) is 0 Å². The van der Waals surface area contributed by atoms with Crippen molar-refractivity contribution in [2.45, 2.75) is 46.6 Å². The highest BCUT2D eigenvalue weighted by Crippen LogP contribution is 2.09. The van der Waals surface area contributed by atoms with Crippen LogP contribution in [0.5, 0.6) is 0 Å². The van der Waals surface area contributed by atoms with Gasteiger partial charge in [0.2, 0.25) is 5.91 Å². The number of amides is 1. The molecule has 0 saturated heterocycles. The molecular formula is C11H23NO2. The third-order valence-corrected chi connectivity index (χ3v) is 2.55. The number of aliphatic hydroxyl groups excluding tert-OH is 1. The normalized spacial score (nSPS) is 15.3. The van der Waals surface area contributed by atoms with Crippen molar-refractivity contribution < 1.29 is 9.90 Å². The Morgan fingerprint density at radius 2 is 1.93 bits per heavy atom. The van der Waals surface area contributed by atoms with Crippen molar-refractivity contribution in [1.82, 2.24) is 5.32 Å². The minimum Gasteiger partial charge on any atom is -0.391 e. The predicted octanol–water partition coefficient (Wildman–Crippen LogP) is 1.56. The van der Waals surface area contributed by atoms with Gasteiger partial charge in [0.05, 0.1) is 6.10 Å². The zero-order valence-corrected chi connectivity index (χ0v) is 9.71. The molecule has 3 heteroatoms. The largest absolute Gasteiger partial charge is 0.391 e. The van der Waals surface area contributed by atoms with E-state index in [1.807, 2.05) is 27.7 Å². The Kier molecular flexibility index (Phi) is 6.54. The number of nitrogens with one attached hydrogen (secondary N) is 1. The Balaban J connectivity index is 3.73. The number of aliphatic hydroxyl groups is 1. The van der Waals surface area contributed by atoms with Crippen molar-refractivity contribution in [3.05, 3.63) is 0 Å². The molecule has 0 saturated carbocycles. The van der Waals surface area contributed by atoms with E-state index in [0.717, 1.165) is 12.8 Å². The summed E-state index contributed by atoms with van der Waals surface area (Å²) in [5, 5.41) is 12.2. The smallest absolute Gasteiger partial charge is 0.223 e. The molecule has 2 unspecified atom stereocenters. The average molecular weight is 201 g/mol. The molecule has 3 nitrogen and oxygen atoms in total. The molecule has 0 heterocycles. The second-order valence-corrected chi connectivity index (χ2v) is 4.22. The van der Waals surface area contributed by atoms with Gasteiger partial charge in [0.1, 0.15) is 0 Å². The Bertz CT molecular complexity index is 169. The van der Waals surface area contributed by atoms with E-state index in [2.05, 4.69) is 5.32 Å². The first-order chi connectivity index (χ1) is 6.49. The number of rotatable bonds is 6. The molecule has 0 fully saturated rings. The molecule has 0 bridgehead atoms. The Morgan fingerprint density at radius 1 is 1.36 bits per heavy atom. The molecule has 0 aromatic carbocycles. The number of carbonyl (C=O) groups excluding carboxylic acids is 1. The first kappa shape index (κ1) is 13.4. The van der Waals surface area contributed by atoms with Crippen LogP contribution in [0.4, 0.5) is 0 Å². The molecule has 0 aromatic rings. The summed E-state index contributed by atoms with van der Waals surface area (Å²) in [6.07, 6.45) is 1.29. The molecule has 0 rings (SSSR count). The van der Waals surface area contributed by atoms with Crippen molar-refractivity contribution in [2.75, 3.05) is 6.54 Å². The maximum atomic E-state index is 11.5. The van der Waals surface area contributed by atoms with E-state index in [0.29, 0.717) is 12.5 Å². The lowest BCUT2D eigenvalue weighted by atomic mass is 9.97. The van der Waals surface area contributed by atoms with Crippen molar-refractivity contribution in [3.8, 4) is 0 Å². The van der Waals surface area contributed by atoms with Gasteiger partial charge in [-0.3, -0.25) is 4.79 Å². The third kappa shape index (κ3) is 5.22. The molecule has 0 aliphatic rings. The molecular weight excluding hydrogens is 178 g/mol. The van der Waals surface area contributed by atoms with Gasteiger partial charge in [0, 0.05) is 12.5 Å². The summed E-state index contributed by atoms with van der Waals surface area (Å²) < 4.78 is 0. The van der Waals surface area contributed by atoms with Gasteiger partial charge in [0.25, 0.3) is 0 Å². The average Bonchev–Trinajstić information content (AvgIpc) is 2.13. The number of hydrogen-bond donors (Lipinski definition) is 2. The van der Waals surface area contributed by atoms with E-state index in [-0.39, 0.29) is 11.8 Å². The molecule has 0 radical (unpaired) electrons. The lowest BCUT2D eigenvalue weighted by Crippen LogP contribution is -2.37. The van der Waals surface area contributed by atoms with E-state index in [4.69, 9.17) is 0 Å². The van der Waals surface area contributed by atoms with Gasteiger partial charge in [-0.1, -0.05) is 34.1 Å². The second-order valence-electron chi connectivity index (χ2n) is 4.22. The molecule has 0 aromatic heterocycles. The van der Waals surface area contributed by atoms with Crippen LogP contribution in [0.1, 0.15) is 40.5 Å². The summed E-state index contributed by atoms with van der Waals surface area (Å²) >= 11 is 0. The molecule has 2 N–H and O–H groups in total. The molecule has 2 atom stereocenters. The SMILES string of the molecule is CCCC(O)CNC(=O)C(C)C(C)C. The molecule has 14 heavy (non-hydrogen) atoms. The van der Waals surface area contributed by atoms with E-state index in [9.17, 15) is 9.90 Å². The molecule has 84 valence electrons. The zero-order chi connectivity index (χ0) is 11.1. The van der Waals surface area contributed by atoms with E-state index in [1.54, 1.807) is 0 Å². The van der Waals surface area contributed by atoms with Crippen LogP contribution in [0.15, 0.2) is 0 Å². The summed E-state index contributed by atoms with van der Waals surface area (Å²) in [5.74, 6) is 0.400. The summed E-state index contributed by atoms with van der Waals surface area (Å²) in [7, 11) is 0. The van der Waals surface area contributed by atoms with Crippen LogP contribution in [0.25, 0.3) is 0 Å². The standard InChI is InChI=1S/C11H23NO2/c1-5-6-10(13)7-12-11(14)9(4)8(2)3/h8-10,13H,5-7H2,1-4H3,(H,12,14). The van der Waals surface area contributed by atoms with E-state index < -0.39 is 6.10 Å². The van der Waals surface area contributed by atoms with Crippen LogP contribution in [-0.4, -0.2) is 23.7 Å². The summed E-state index contributed by atoms with van der Waals surface area (Å²) in [4.78, 5) is 11.5. The predicted molar refractivity (Wildman–Crippen MR) is 57.9 cm³/mol. The lowest BCUT2D eigenvalue weighted by molar-refractivity contribution is -0.126. The maximum Gasteiger partial charge on any atom is 0.223 e. The zero-order valence-electron chi connectivity index (χ0n) is 9.71. The molecule has 0 spiro atoms. The maximum absolute atomic E-state index is 11.5. The van der Waals surface area contributed by atoms with E-state index >= 15 is 0 Å². The van der Waals surface area contributed by atoms with Crippen molar-refractivity contribution in [3.63, 3.8) is 0 Å². The van der Waals surface area contributed by atoms with Gasteiger partial charge in [0.15, 0.2) is 0 Å². The minimum absolute atomic E-state index is 0.0174. The molecule has 0 aliphatic heterocycles. The van der Waals surface area contributed by atoms with Crippen LogP contribution < -0.4 is 5.32 Å². The van der Waals surface area contributed by atoms with Crippen LogP contribution in [0.2, 0.25) is 0 Å². The summed E-state index contributed by atoms with van der Waals surface area (Å²) in [6, 6.07) is 0. The Hall–Kier alpha value is -0.570. The fourth-order valence-corrected chi connectivity index (χ4v) is 1.12. The topological polar surface area (TPSA) is 49.3 Å². The van der Waals surface area contributed by atoms with Gasteiger partial charge in [-0.05, 0) is 12.3 Å². The van der Waals surface area contributed by atoms with Gasteiger partial charge in [-0.2, -0.15) is 0 Å². The number of carbonyl (C=O) groups is 1. The Morgan fingerprint density at radius 3 is 2.36 bits per heavy atom. The Labute approximate surface area is 86.9 Å². The van der Waals surface area contributed by atoms with Crippen LogP contribution in [-0.2, 0) is 4.79 Å². The monoisotopic (exact) mass is 201 g/mol. The van der Waals surface area contributed by atoms with Gasteiger partial charge in [-0.25, -0.2) is 0 Å². The molecule has 1 amide bonds. The highest BCUT2D eigenvalue weighted by atomic mass is 16.3. The first-order valence-electron chi connectivity index (χ1n) is 5.44. The van der Waals surface area contributed by atoms with Crippen LogP contribution in [0.3, 0.4) is 0 Å². The fraction of sp³-hybridized carbons (Fsp3) is 0.909. The quantitative estimate of drug-likeness (QED) is 0.685. The highest BCUT2D eigenvalue weighted by Gasteiger charge is 2.16. The highest BCUT2D eigenvalue weighted by molar-refractivity contribution is 5.78. The number of hydrogen-bond acceptors (Lipinski definition) is 2. The summed E-state index contributed by atoms with van der Waals surface area (Å²) in [6.45, 7) is 8.34. The van der Waals surface area contributed by atoms with Gasteiger partial charge >= 0.3 is 0 Å². The molecule has 0 aliphatic carbocycles. The van der Waals surface area contributed by atoms with Crippen molar-refractivity contribution in [1.29, 1.82) is 0 Å². The van der Waals surface area contributed by atoms with Crippen LogP contribution >= 0.6 is 0 Å². The van der Waals surface area contributed by atoms with Crippen molar-refractivity contribution >= 4 is 5.91 Å². The fourth-order valence-electron chi connectivity index (χ4n) is 1.12. The van der Waals surface area contributed by atoms with E-state index in [1.165, 1.54) is 0 Å². The third-order valence-electron chi connectivity index (χ3n) is 2.55. The summed E-state index contributed by atoms with van der Waals surface area (Å²) in [5.41, 5.74) is 0. The first-order valence-corrected chi connectivity index (χ1v) is 5.44.